The van der Waals surface area contributed by atoms with Crippen LogP contribution >= 0.6 is 0 Å². The van der Waals surface area contributed by atoms with Crippen molar-refractivity contribution in [1.29, 1.82) is 0 Å². The van der Waals surface area contributed by atoms with Gasteiger partial charge in [-0.2, -0.15) is 0 Å². The molecule has 0 unspecified atom stereocenters. The molecule has 2 N–H and O–H groups in total. The Hall–Kier alpha value is -0.610. The van der Waals surface area contributed by atoms with Gasteiger partial charge < -0.3 is 15.3 Å². The number of piperidine rings is 2. The van der Waals surface area contributed by atoms with Crippen LogP contribution in [-0.2, 0) is 4.79 Å². The first-order valence-corrected chi connectivity index (χ1v) is 6.66. The Kier molecular flexibility index (Phi) is 3.46. The molecule has 2 heterocycles. The molecule has 17 heavy (non-hydrogen) atoms. The molecule has 0 bridgehead atoms. The summed E-state index contributed by atoms with van der Waals surface area (Å²) in [6.45, 7) is 7.23. The van der Waals surface area contributed by atoms with Crippen LogP contribution in [-0.4, -0.2) is 47.7 Å². The van der Waals surface area contributed by atoms with Crippen LogP contribution in [0.15, 0.2) is 0 Å². The molecule has 0 spiro atoms. The largest absolute Gasteiger partial charge is 0.390 e. The second kappa shape index (κ2) is 4.58. The van der Waals surface area contributed by atoms with Gasteiger partial charge in [-0.3, -0.25) is 4.79 Å². The van der Waals surface area contributed by atoms with Crippen LogP contribution < -0.4 is 5.32 Å². The maximum Gasteiger partial charge on any atom is 0.228 e. The molecular formula is C13H24N2O2. The Morgan fingerprint density at radius 2 is 1.65 bits per heavy atom. The molecule has 0 aromatic rings. The first-order chi connectivity index (χ1) is 7.93. The number of rotatable bonds is 1. The van der Waals surface area contributed by atoms with E-state index in [0.717, 1.165) is 25.9 Å². The number of hydrogen-bond donors (Lipinski definition) is 2. The molecule has 2 fully saturated rings. The number of carbonyl (C=O) groups is 1. The van der Waals surface area contributed by atoms with E-state index in [-0.39, 0.29) is 11.3 Å². The smallest absolute Gasteiger partial charge is 0.228 e. The molecule has 0 aromatic carbocycles. The third-order valence-electron chi connectivity index (χ3n) is 4.35. The molecular weight excluding hydrogens is 216 g/mol. The highest BCUT2D eigenvalue weighted by atomic mass is 16.3. The summed E-state index contributed by atoms with van der Waals surface area (Å²) in [5.74, 6) is 0.287. The number of nitrogens with zero attached hydrogens (tertiary/aromatic N) is 1. The van der Waals surface area contributed by atoms with Gasteiger partial charge in [0.15, 0.2) is 0 Å². The number of nitrogens with one attached hydrogen (secondary N) is 1. The van der Waals surface area contributed by atoms with E-state index in [1.54, 1.807) is 0 Å². The van der Waals surface area contributed by atoms with E-state index in [9.17, 15) is 9.90 Å². The van der Waals surface area contributed by atoms with Crippen LogP contribution in [0.2, 0.25) is 0 Å². The third kappa shape index (κ3) is 2.80. The van der Waals surface area contributed by atoms with Gasteiger partial charge in [0.1, 0.15) is 0 Å². The van der Waals surface area contributed by atoms with Gasteiger partial charge in [-0.15, -0.1) is 0 Å². The van der Waals surface area contributed by atoms with Gasteiger partial charge in [-0.1, -0.05) is 6.92 Å². The quantitative estimate of drug-likeness (QED) is 0.711. The fourth-order valence-corrected chi connectivity index (χ4v) is 2.77. The summed E-state index contributed by atoms with van der Waals surface area (Å²) in [7, 11) is 0. The lowest BCUT2D eigenvalue weighted by molar-refractivity contribution is -0.146. The van der Waals surface area contributed by atoms with E-state index >= 15 is 0 Å². The van der Waals surface area contributed by atoms with E-state index in [2.05, 4.69) is 12.2 Å². The first-order valence-electron chi connectivity index (χ1n) is 6.66. The van der Waals surface area contributed by atoms with Crippen molar-refractivity contribution in [3.8, 4) is 0 Å². The molecule has 0 aliphatic carbocycles. The van der Waals surface area contributed by atoms with Crippen LogP contribution in [0.5, 0.6) is 0 Å². The Bertz CT molecular complexity index is 286. The van der Waals surface area contributed by atoms with Crippen LogP contribution in [0.25, 0.3) is 0 Å². The molecule has 1 amide bonds. The van der Waals surface area contributed by atoms with E-state index in [1.807, 2.05) is 11.8 Å². The summed E-state index contributed by atoms with van der Waals surface area (Å²) < 4.78 is 0. The lowest BCUT2D eigenvalue weighted by Gasteiger charge is -2.42. The van der Waals surface area contributed by atoms with Crippen molar-refractivity contribution in [3.05, 3.63) is 0 Å². The third-order valence-corrected chi connectivity index (χ3v) is 4.35. The molecule has 2 aliphatic rings. The molecule has 98 valence electrons. The van der Waals surface area contributed by atoms with Gasteiger partial charge in [-0.05, 0) is 45.7 Å². The summed E-state index contributed by atoms with van der Waals surface area (Å²) >= 11 is 0. The zero-order valence-corrected chi connectivity index (χ0v) is 11.0. The predicted molar refractivity (Wildman–Crippen MR) is 66.6 cm³/mol. The number of aliphatic hydroxyl groups is 1. The predicted octanol–water partition coefficient (Wildman–Crippen LogP) is 0.749. The minimum Gasteiger partial charge on any atom is -0.390 e. The molecule has 0 saturated carbocycles. The van der Waals surface area contributed by atoms with Crippen LogP contribution in [0.3, 0.4) is 0 Å². The van der Waals surface area contributed by atoms with Gasteiger partial charge >= 0.3 is 0 Å². The number of hydrogen-bond acceptors (Lipinski definition) is 3. The van der Waals surface area contributed by atoms with Gasteiger partial charge in [0.2, 0.25) is 5.91 Å². The topological polar surface area (TPSA) is 52.6 Å². The van der Waals surface area contributed by atoms with Crippen molar-refractivity contribution in [2.24, 2.45) is 5.41 Å². The normalized spacial score (nSPS) is 27.8. The number of carbonyl (C=O) groups excluding carboxylic acids is 1. The highest BCUT2D eigenvalue weighted by Gasteiger charge is 2.39. The number of likely N-dealkylation sites (tertiary alicyclic amines) is 1. The second-order valence-electron chi connectivity index (χ2n) is 6.10. The fourth-order valence-electron chi connectivity index (χ4n) is 2.77. The summed E-state index contributed by atoms with van der Waals surface area (Å²) in [5.41, 5.74) is -0.764. The molecule has 2 aliphatic heterocycles. The monoisotopic (exact) mass is 240 g/mol. The van der Waals surface area contributed by atoms with Crippen molar-refractivity contribution in [2.45, 2.75) is 45.1 Å². The van der Waals surface area contributed by atoms with E-state index in [4.69, 9.17) is 0 Å². The molecule has 4 nitrogen and oxygen atoms in total. The van der Waals surface area contributed by atoms with Crippen molar-refractivity contribution in [2.75, 3.05) is 26.2 Å². The minimum atomic E-state index is -0.578. The lowest BCUT2D eigenvalue weighted by Crippen LogP contribution is -2.52. The molecule has 2 saturated heterocycles. The standard InChI is InChI=1S/C13H24N2O2/c1-12(3-7-14-8-4-12)11(16)15-9-5-13(2,17)6-10-15/h14,17H,3-10H2,1-2H3. The Morgan fingerprint density at radius 3 is 2.18 bits per heavy atom. The zero-order chi connectivity index (χ0) is 12.5. The molecule has 4 heteroatoms. The Morgan fingerprint density at radius 1 is 1.12 bits per heavy atom. The van der Waals surface area contributed by atoms with Crippen LogP contribution in [0, 0.1) is 5.41 Å². The zero-order valence-electron chi connectivity index (χ0n) is 11.0. The van der Waals surface area contributed by atoms with E-state index in [0.29, 0.717) is 25.9 Å². The SMILES string of the molecule is CC1(O)CCN(C(=O)C2(C)CCNCC2)CC1. The van der Waals surface area contributed by atoms with Gasteiger partial charge in [0, 0.05) is 18.5 Å². The molecule has 0 atom stereocenters. The van der Waals surface area contributed by atoms with Crippen molar-refractivity contribution in [3.63, 3.8) is 0 Å². The Balaban J connectivity index is 1.96. The minimum absolute atomic E-state index is 0.186. The van der Waals surface area contributed by atoms with E-state index in [1.165, 1.54) is 0 Å². The summed E-state index contributed by atoms with van der Waals surface area (Å²) in [6.07, 6.45) is 3.26. The average Bonchev–Trinajstić information content (AvgIpc) is 2.29. The van der Waals surface area contributed by atoms with Gasteiger partial charge in [0.05, 0.1) is 5.60 Å². The summed E-state index contributed by atoms with van der Waals surface area (Å²) in [4.78, 5) is 14.5. The van der Waals surface area contributed by atoms with Gasteiger partial charge in [0.25, 0.3) is 0 Å². The Labute approximate surface area is 103 Å². The average molecular weight is 240 g/mol. The fraction of sp³-hybridized carbons (Fsp3) is 0.923. The van der Waals surface area contributed by atoms with E-state index < -0.39 is 5.60 Å². The second-order valence-corrected chi connectivity index (χ2v) is 6.10. The highest BCUT2D eigenvalue weighted by molar-refractivity contribution is 5.82. The molecule has 2 rings (SSSR count). The maximum atomic E-state index is 12.5. The first kappa shape index (κ1) is 12.8. The molecule has 0 radical (unpaired) electrons. The molecule has 0 aromatic heterocycles. The van der Waals surface area contributed by atoms with Gasteiger partial charge in [-0.25, -0.2) is 0 Å². The van der Waals surface area contributed by atoms with Crippen molar-refractivity contribution >= 4 is 5.91 Å². The highest BCUT2D eigenvalue weighted by Crippen LogP contribution is 2.32. The van der Waals surface area contributed by atoms with Crippen LogP contribution in [0.1, 0.15) is 39.5 Å². The lowest BCUT2D eigenvalue weighted by atomic mass is 9.79. The summed E-state index contributed by atoms with van der Waals surface area (Å²) in [5, 5.41) is 13.2. The van der Waals surface area contributed by atoms with Crippen molar-refractivity contribution in [1.82, 2.24) is 10.2 Å². The van der Waals surface area contributed by atoms with Crippen molar-refractivity contribution < 1.29 is 9.90 Å². The van der Waals surface area contributed by atoms with Crippen LogP contribution in [0.4, 0.5) is 0 Å². The summed E-state index contributed by atoms with van der Waals surface area (Å²) in [6, 6.07) is 0. The number of amides is 1. The maximum absolute atomic E-state index is 12.5.